The summed E-state index contributed by atoms with van der Waals surface area (Å²) in [7, 11) is -3.59. The highest BCUT2D eigenvalue weighted by molar-refractivity contribution is 8.01. The third-order valence-corrected chi connectivity index (χ3v) is 7.71. The van der Waals surface area contributed by atoms with Crippen LogP contribution in [0.5, 0.6) is 0 Å². The Hall–Kier alpha value is -0.830. The third-order valence-electron chi connectivity index (χ3n) is 3.62. The van der Waals surface area contributed by atoms with Crippen molar-refractivity contribution in [2.24, 2.45) is 0 Å². The SMILES string of the molecule is CCSc1nc2ccc(S(=O)(=O)NCCc3ccc(Cl)cc3Cl)cc2s1. The molecule has 0 radical (unpaired) electrons. The second-order valence-corrected chi connectivity index (χ2v) is 10.6. The monoisotopic (exact) mass is 446 g/mol. The van der Waals surface area contributed by atoms with Gasteiger partial charge in [0.25, 0.3) is 0 Å². The number of rotatable bonds is 7. The van der Waals surface area contributed by atoms with Gasteiger partial charge in [0, 0.05) is 16.6 Å². The number of nitrogens with zero attached hydrogens (tertiary/aromatic N) is 1. The van der Waals surface area contributed by atoms with Crippen LogP contribution in [0.3, 0.4) is 0 Å². The lowest BCUT2D eigenvalue weighted by Gasteiger charge is -2.08. The number of benzene rings is 2. The van der Waals surface area contributed by atoms with Gasteiger partial charge in [-0.15, -0.1) is 11.3 Å². The van der Waals surface area contributed by atoms with E-state index < -0.39 is 10.0 Å². The zero-order valence-electron chi connectivity index (χ0n) is 13.8. The van der Waals surface area contributed by atoms with E-state index in [1.54, 1.807) is 48.2 Å². The Morgan fingerprint density at radius 3 is 2.73 bits per heavy atom. The van der Waals surface area contributed by atoms with E-state index in [4.69, 9.17) is 23.2 Å². The maximum Gasteiger partial charge on any atom is 0.240 e. The van der Waals surface area contributed by atoms with Crippen LogP contribution in [0.15, 0.2) is 45.6 Å². The Bertz CT molecular complexity index is 1040. The van der Waals surface area contributed by atoms with E-state index in [2.05, 4.69) is 16.6 Å². The molecule has 0 fully saturated rings. The summed E-state index contributed by atoms with van der Waals surface area (Å²) < 4.78 is 29.5. The lowest BCUT2D eigenvalue weighted by atomic mass is 10.1. The Labute approximate surface area is 171 Å². The highest BCUT2D eigenvalue weighted by Gasteiger charge is 2.16. The van der Waals surface area contributed by atoms with E-state index in [9.17, 15) is 8.42 Å². The van der Waals surface area contributed by atoms with Crippen LogP contribution >= 0.6 is 46.3 Å². The molecule has 4 nitrogen and oxygen atoms in total. The Balaban J connectivity index is 1.72. The summed E-state index contributed by atoms with van der Waals surface area (Å²) in [4.78, 5) is 4.72. The van der Waals surface area contributed by atoms with Gasteiger partial charge < -0.3 is 0 Å². The van der Waals surface area contributed by atoms with Crippen molar-refractivity contribution < 1.29 is 8.42 Å². The largest absolute Gasteiger partial charge is 0.240 e. The predicted molar refractivity (Wildman–Crippen MR) is 111 cm³/mol. The summed E-state index contributed by atoms with van der Waals surface area (Å²) in [5.74, 6) is 0.930. The molecule has 0 saturated carbocycles. The first-order chi connectivity index (χ1) is 12.4. The second kappa shape index (κ2) is 8.46. The van der Waals surface area contributed by atoms with Crippen molar-refractivity contribution in [3.8, 4) is 0 Å². The summed E-state index contributed by atoms with van der Waals surface area (Å²) in [5, 5.41) is 1.08. The molecule has 2 aromatic carbocycles. The standard InChI is InChI=1S/C17H16Cl2N2O2S3/c1-2-24-17-21-15-6-5-13(10-16(15)25-17)26(22,23)20-8-7-11-3-4-12(18)9-14(11)19/h3-6,9-10,20H,2,7-8H2,1H3. The number of sulfonamides is 1. The molecule has 3 rings (SSSR count). The summed E-state index contributed by atoms with van der Waals surface area (Å²) in [6, 6.07) is 10.2. The Kier molecular flexibility index (Phi) is 6.48. The van der Waals surface area contributed by atoms with Crippen molar-refractivity contribution in [2.75, 3.05) is 12.3 Å². The fraction of sp³-hybridized carbons (Fsp3) is 0.235. The van der Waals surface area contributed by atoms with Gasteiger partial charge in [0.05, 0.1) is 15.1 Å². The number of nitrogens with one attached hydrogen (secondary N) is 1. The zero-order chi connectivity index (χ0) is 18.7. The van der Waals surface area contributed by atoms with E-state index >= 15 is 0 Å². The van der Waals surface area contributed by atoms with Crippen LogP contribution in [0.25, 0.3) is 10.2 Å². The van der Waals surface area contributed by atoms with E-state index in [1.165, 1.54) is 11.3 Å². The summed E-state index contributed by atoms with van der Waals surface area (Å²) in [6.45, 7) is 2.31. The van der Waals surface area contributed by atoms with Gasteiger partial charge in [-0.1, -0.05) is 48.0 Å². The van der Waals surface area contributed by atoms with Crippen molar-refractivity contribution >= 4 is 66.5 Å². The van der Waals surface area contributed by atoms with Gasteiger partial charge in [0.2, 0.25) is 10.0 Å². The molecular weight excluding hydrogens is 431 g/mol. The number of hydrogen-bond acceptors (Lipinski definition) is 5. The molecule has 9 heteroatoms. The van der Waals surface area contributed by atoms with E-state index in [-0.39, 0.29) is 11.4 Å². The molecule has 0 aliphatic heterocycles. The number of thiazole rings is 1. The topological polar surface area (TPSA) is 59.1 Å². The molecule has 0 aliphatic carbocycles. The highest BCUT2D eigenvalue weighted by atomic mass is 35.5. The molecule has 0 bridgehead atoms. The highest BCUT2D eigenvalue weighted by Crippen LogP contribution is 2.30. The summed E-state index contributed by atoms with van der Waals surface area (Å²) >= 11 is 15.1. The van der Waals surface area contributed by atoms with Crippen molar-refractivity contribution in [3.05, 3.63) is 52.0 Å². The van der Waals surface area contributed by atoms with E-state index in [0.717, 1.165) is 25.9 Å². The van der Waals surface area contributed by atoms with Gasteiger partial charge in [-0.3, -0.25) is 0 Å². The average molecular weight is 447 g/mol. The number of aromatic nitrogens is 1. The first-order valence-electron chi connectivity index (χ1n) is 7.86. The molecule has 0 amide bonds. The quantitative estimate of drug-likeness (QED) is 0.504. The van der Waals surface area contributed by atoms with Crippen LogP contribution in [0.2, 0.25) is 10.0 Å². The minimum absolute atomic E-state index is 0.240. The third kappa shape index (κ3) is 4.71. The van der Waals surface area contributed by atoms with Gasteiger partial charge in [0.15, 0.2) is 4.34 Å². The Morgan fingerprint density at radius 2 is 2.00 bits per heavy atom. The smallest absolute Gasteiger partial charge is 0.230 e. The van der Waals surface area contributed by atoms with Gasteiger partial charge >= 0.3 is 0 Å². The molecule has 0 saturated heterocycles. The summed E-state index contributed by atoms with van der Waals surface area (Å²) in [5.41, 5.74) is 1.66. The molecule has 0 spiro atoms. The van der Waals surface area contributed by atoms with Gasteiger partial charge in [-0.2, -0.15) is 0 Å². The molecule has 138 valence electrons. The van der Waals surface area contributed by atoms with Gasteiger partial charge in [-0.05, 0) is 48.1 Å². The summed E-state index contributed by atoms with van der Waals surface area (Å²) in [6.07, 6.45) is 0.481. The lowest BCUT2D eigenvalue weighted by Crippen LogP contribution is -2.26. The number of halogens is 2. The fourth-order valence-corrected chi connectivity index (χ4v) is 6.00. The molecular formula is C17H16Cl2N2O2S3. The predicted octanol–water partition coefficient (Wildman–Crippen LogP) is 5.24. The minimum Gasteiger partial charge on any atom is -0.230 e. The molecule has 0 aliphatic rings. The molecule has 0 unspecified atom stereocenters. The maximum atomic E-state index is 12.6. The lowest BCUT2D eigenvalue weighted by molar-refractivity contribution is 0.582. The molecule has 1 heterocycles. The van der Waals surface area contributed by atoms with Crippen molar-refractivity contribution in [1.82, 2.24) is 9.71 Å². The first kappa shape index (κ1) is 19.9. The molecule has 1 aromatic heterocycles. The maximum absolute atomic E-state index is 12.6. The minimum atomic E-state index is -3.59. The van der Waals surface area contributed by atoms with Crippen LogP contribution in [-0.2, 0) is 16.4 Å². The number of hydrogen-bond donors (Lipinski definition) is 1. The second-order valence-electron chi connectivity index (χ2n) is 5.43. The van der Waals surface area contributed by atoms with Crippen LogP contribution < -0.4 is 4.72 Å². The van der Waals surface area contributed by atoms with Crippen LogP contribution in [0.4, 0.5) is 0 Å². The molecule has 26 heavy (non-hydrogen) atoms. The number of fused-ring (bicyclic) bond motifs is 1. The molecule has 3 aromatic rings. The van der Waals surface area contributed by atoms with E-state index in [1.807, 2.05) is 0 Å². The zero-order valence-corrected chi connectivity index (χ0v) is 17.8. The molecule has 1 N–H and O–H groups in total. The Morgan fingerprint density at radius 1 is 1.19 bits per heavy atom. The molecule has 0 atom stereocenters. The van der Waals surface area contributed by atoms with Crippen molar-refractivity contribution in [2.45, 2.75) is 22.6 Å². The van der Waals surface area contributed by atoms with Crippen LogP contribution in [0, 0.1) is 0 Å². The van der Waals surface area contributed by atoms with Crippen molar-refractivity contribution in [3.63, 3.8) is 0 Å². The van der Waals surface area contributed by atoms with Gasteiger partial charge in [0.1, 0.15) is 0 Å². The fourth-order valence-electron chi connectivity index (χ4n) is 2.36. The van der Waals surface area contributed by atoms with Crippen LogP contribution in [-0.4, -0.2) is 25.7 Å². The van der Waals surface area contributed by atoms with E-state index in [0.29, 0.717) is 16.5 Å². The van der Waals surface area contributed by atoms with Crippen molar-refractivity contribution in [1.29, 1.82) is 0 Å². The normalized spacial score (nSPS) is 12.0. The first-order valence-corrected chi connectivity index (χ1v) is 11.9. The van der Waals surface area contributed by atoms with Crippen LogP contribution in [0.1, 0.15) is 12.5 Å². The average Bonchev–Trinajstić information content (AvgIpc) is 2.98. The van der Waals surface area contributed by atoms with Gasteiger partial charge in [-0.25, -0.2) is 18.1 Å². The number of thioether (sulfide) groups is 1.